The van der Waals surface area contributed by atoms with Crippen LogP contribution in [0.2, 0.25) is 0 Å². The lowest BCUT2D eigenvalue weighted by Gasteiger charge is -2.12. The molecule has 8 nitrogen and oxygen atoms in total. The minimum absolute atomic E-state index is 0.0301. The van der Waals surface area contributed by atoms with Gasteiger partial charge in [0, 0.05) is 24.2 Å². The highest BCUT2D eigenvalue weighted by Crippen LogP contribution is 2.33. The van der Waals surface area contributed by atoms with E-state index >= 15 is 0 Å². The van der Waals surface area contributed by atoms with E-state index in [1.165, 1.54) is 12.1 Å². The molecule has 0 aromatic heterocycles. The Hall–Kier alpha value is -3.20. The molecule has 0 fully saturated rings. The number of hydrogen-bond acceptors (Lipinski definition) is 6. The van der Waals surface area contributed by atoms with Gasteiger partial charge >= 0.3 is 5.97 Å². The molecule has 2 aromatic carbocycles. The largest absolute Gasteiger partial charge is 0.453 e. The molecule has 0 radical (unpaired) electrons. The summed E-state index contributed by atoms with van der Waals surface area (Å²) in [4.78, 5) is 28.5. The molecule has 2 aliphatic rings. The zero-order chi connectivity index (χ0) is 20.4. The van der Waals surface area contributed by atoms with Crippen LogP contribution in [0.5, 0.6) is 0 Å². The number of aliphatic imine (C=N–C) groups is 1. The molecule has 0 saturated heterocycles. The van der Waals surface area contributed by atoms with Crippen LogP contribution in [0.15, 0.2) is 58.4 Å². The van der Waals surface area contributed by atoms with Gasteiger partial charge < -0.3 is 10.1 Å². The van der Waals surface area contributed by atoms with Crippen LogP contribution in [-0.4, -0.2) is 32.7 Å². The molecule has 2 aromatic rings. The van der Waals surface area contributed by atoms with E-state index in [9.17, 15) is 18.0 Å². The van der Waals surface area contributed by atoms with Gasteiger partial charge in [-0.15, -0.1) is 0 Å². The lowest BCUT2D eigenvalue weighted by Crippen LogP contribution is -2.29. The van der Waals surface area contributed by atoms with Crippen molar-refractivity contribution in [3.63, 3.8) is 0 Å². The Morgan fingerprint density at radius 1 is 1.17 bits per heavy atom. The van der Waals surface area contributed by atoms with E-state index in [-0.39, 0.29) is 17.2 Å². The maximum atomic E-state index is 12.5. The molecule has 0 bridgehead atoms. The van der Waals surface area contributed by atoms with E-state index in [2.05, 4.69) is 15.0 Å². The fourth-order valence-corrected chi connectivity index (χ4v) is 4.46. The summed E-state index contributed by atoms with van der Waals surface area (Å²) in [7, 11) is -3.77. The minimum Gasteiger partial charge on any atom is -0.453 e. The van der Waals surface area contributed by atoms with Crippen molar-refractivity contribution in [2.45, 2.75) is 30.3 Å². The molecule has 1 atom stereocenters. The normalized spacial score (nSPS) is 18.0. The summed E-state index contributed by atoms with van der Waals surface area (Å²) in [6.45, 7) is 0.614. The summed E-state index contributed by atoms with van der Waals surface area (Å²) in [5, 5.41) is 2.67. The Morgan fingerprint density at radius 2 is 2.00 bits per heavy atom. The quantitative estimate of drug-likeness (QED) is 0.731. The van der Waals surface area contributed by atoms with E-state index in [0.29, 0.717) is 35.6 Å². The zero-order valence-electron chi connectivity index (χ0n) is 15.4. The molecule has 0 spiro atoms. The molecule has 9 heteroatoms. The molecule has 2 heterocycles. The van der Waals surface area contributed by atoms with Crippen molar-refractivity contribution in [3.05, 3.63) is 59.7 Å². The average molecular weight is 413 g/mol. The van der Waals surface area contributed by atoms with Crippen molar-refractivity contribution >= 4 is 33.4 Å². The number of cyclic esters (lactones) is 1. The molecule has 29 heavy (non-hydrogen) atoms. The molecule has 1 amide bonds. The summed E-state index contributed by atoms with van der Waals surface area (Å²) in [5.74, 6) is -0.393. The number of rotatable bonds is 5. The second-order valence-electron chi connectivity index (χ2n) is 6.80. The number of carbonyl (C=O) groups excluding carboxylic acids is 2. The monoisotopic (exact) mass is 413 g/mol. The number of carbonyl (C=O) groups is 2. The number of esters is 1. The second kappa shape index (κ2) is 7.67. The summed E-state index contributed by atoms with van der Waals surface area (Å²) < 4.78 is 32.8. The van der Waals surface area contributed by atoms with Gasteiger partial charge in [-0.1, -0.05) is 24.3 Å². The number of sulfonamides is 1. The van der Waals surface area contributed by atoms with Crippen LogP contribution in [-0.2, 0) is 19.6 Å². The highest BCUT2D eigenvalue weighted by molar-refractivity contribution is 7.90. The van der Waals surface area contributed by atoms with Crippen LogP contribution in [0.25, 0.3) is 0 Å². The summed E-state index contributed by atoms with van der Waals surface area (Å²) in [5.41, 5.74) is 1.47. The predicted molar refractivity (Wildman–Crippen MR) is 106 cm³/mol. The van der Waals surface area contributed by atoms with Gasteiger partial charge in [-0.05, 0) is 30.7 Å². The predicted octanol–water partition coefficient (Wildman–Crippen LogP) is 2.40. The topological polar surface area (TPSA) is 114 Å². The number of amides is 1. The van der Waals surface area contributed by atoms with Gasteiger partial charge in [-0.25, -0.2) is 13.2 Å². The van der Waals surface area contributed by atoms with Crippen LogP contribution >= 0.6 is 0 Å². The van der Waals surface area contributed by atoms with E-state index in [4.69, 9.17) is 4.74 Å². The van der Waals surface area contributed by atoms with Gasteiger partial charge in [0.1, 0.15) is 11.9 Å². The first-order chi connectivity index (χ1) is 13.9. The van der Waals surface area contributed by atoms with Gasteiger partial charge in [0.2, 0.25) is 5.91 Å². The molecule has 0 unspecified atom stereocenters. The lowest BCUT2D eigenvalue weighted by molar-refractivity contribution is -0.118. The Balaban J connectivity index is 1.44. The fraction of sp³-hybridized carbons (Fsp3) is 0.250. The van der Waals surface area contributed by atoms with Gasteiger partial charge in [-0.3, -0.25) is 14.5 Å². The third-order valence-corrected chi connectivity index (χ3v) is 6.08. The SMILES string of the molecule is O=C(C[C@@H]1OC(=O)c2ccccc21)Nc1cccc(S(=O)(=O)NC2=NCCC2)c1. The van der Waals surface area contributed by atoms with Crippen LogP contribution < -0.4 is 10.0 Å². The fourth-order valence-electron chi connectivity index (χ4n) is 3.33. The zero-order valence-corrected chi connectivity index (χ0v) is 16.2. The number of nitrogens with one attached hydrogen (secondary N) is 2. The first kappa shape index (κ1) is 19.1. The molecular formula is C20H19N3O5S. The summed E-state index contributed by atoms with van der Waals surface area (Å²) in [6.07, 6.45) is 0.696. The first-order valence-electron chi connectivity index (χ1n) is 9.18. The van der Waals surface area contributed by atoms with Gasteiger partial charge in [0.05, 0.1) is 16.9 Å². The van der Waals surface area contributed by atoms with Gasteiger partial charge in [-0.2, -0.15) is 0 Å². The molecule has 0 saturated carbocycles. The molecule has 150 valence electrons. The Labute approximate surface area is 168 Å². The molecule has 0 aliphatic carbocycles. The van der Waals surface area contributed by atoms with Crippen LogP contribution in [0.1, 0.15) is 41.3 Å². The maximum Gasteiger partial charge on any atom is 0.339 e. The number of ether oxygens (including phenoxy) is 1. The van der Waals surface area contributed by atoms with Crippen molar-refractivity contribution in [2.75, 3.05) is 11.9 Å². The number of nitrogens with zero attached hydrogens (tertiary/aromatic N) is 1. The molecule has 2 aliphatic heterocycles. The van der Waals surface area contributed by atoms with Crippen LogP contribution in [0, 0.1) is 0 Å². The van der Waals surface area contributed by atoms with Gasteiger partial charge in [0.25, 0.3) is 10.0 Å². The second-order valence-corrected chi connectivity index (χ2v) is 8.48. The number of benzene rings is 2. The van der Waals surface area contributed by atoms with Crippen LogP contribution in [0.4, 0.5) is 5.69 Å². The number of amidine groups is 1. The molecule has 4 rings (SSSR count). The average Bonchev–Trinajstić information content (AvgIpc) is 3.30. The number of hydrogen-bond donors (Lipinski definition) is 2. The number of anilines is 1. The summed E-state index contributed by atoms with van der Waals surface area (Å²) >= 11 is 0. The van der Waals surface area contributed by atoms with Crippen molar-refractivity contribution in [1.82, 2.24) is 4.72 Å². The van der Waals surface area contributed by atoms with E-state index in [1.54, 1.807) is 36.4 Å². The van der Waals surface area contributed by atoms with Crippen LogP contribution in [0.3, 0.4) is 0 Å². The molecule has 2 N–H and O–H groups in total. The Kier molecular flexibility index (Phi) is 5.06. The van der Waals surface area contributed by atoms with Crippen molar-refractivity contribution < 1.29 is 22.7 Å². The highest BCUT2D eigenvalue weighted by atomic mass is 32.2. The van der Waals surface area contributed by atoms with Crippen molar-refractivity contribution in [1.29, 1.82) is 0 Å². The maximum absolute atomic E-state index is 12.5. The minimum atomic E-state index is -3.77. The van der Waals surface area contributed by atoms with E-state index in [1.807, 2.05) is 0 Å². The van der Waals surface area contributed by atoms with Gasteiger partial charge in [0.15, 0.2) is 0 Å². The van der Waals surface area contributed by atoms with E-state index < -0.39 is 22.1 Å². The summed E-state index contributed by atoms with van der Waals surface area (Å²) in [6, 6.07) is 12.9. The van der Waals surface area contributed by atoms with Crippen molar-refractivity contribution in [2.24, 2.45) is 4.99 Å². The third-order valence-electron chi connectivity index (χ3n) is 4.70. The van der Waals surface area contributed by atoms with E-state index in [0.717, 1.165) is 6.42 Å². The van der Waals surface area contributed by atoms with Crippen molar-refractivity contribution in [3.8, 4) is 0 Å². The lowest BCUT2D eigenvalue weighted by atomic mass is 10.0. The Bertz CT molecular complexity index is 1110. The Morgan fingerprint density at radius 3 is 2.79 bits per heavy atom. The standard InChI is InChI=1S/C20H19N3O5S/c24-19(12-17-15-7-1-2-8-16(15)20(25)28-17)22-13-5-3-6-14(11-13)29(26,27)23-18-9-4-10-21-18/h1-3,5-8,11,17H,4,9-10,12H2,(H,21,23)(H,22,24)/t17-/m0/s1. The highest BCUT2D eigenvalue weighted by Gasteiger charge is 2.32. The first-order valence-corrected chi connectivity index (χ1v) is 10.7. The smallest absolute Gasteiger partial charge is 0.339 e. The number of fused-ring (bicyclic) bond motifs is 1. The third kappa shape index (κ3) is 4.14. The molecular weight excluding hydrogens is 394 g/mol.